The quantitative estimate of drug-likeness (QED) is 0.173. The first-order valence-corrected chi connectivity index (χ1v) is 24.7. The highest BCUT2D eigenvalue weighted by Gasteiger charge is 2.42. The normalized spacial score (nSPS) is 16.4. The van der Waals surface area contributed by atoms with Crippen LogP contribution in [0.25, 0.3) is 142 Å². The molecule has 16 aromatic rings. The summed E-state index contributed by atoms with van der Waals surface area (Å²) in [6, 6.07) is 66.2. The molecular formula is C66H40N2O2. The zero-order valence-electron chi connectivity index (χ0n) is 38.7. The number of furan rings is 2. The third-order valence-corrected chi connectivity index (χ3v) is 17.6. The molecule has 6 aromatic heterocycles. The molecule has 326 valence electrons. The van der Waals surface area contributed by atoms with Crippen LogP contribution in [0.1, 0.15) is 48.6 Å². The Morgan fingerprint density at radius 3 is 1.59 bits per heavy atom. The van der Waals surface area contributed by atoms with Gasteiger partial charge in [0.05, 0.1) is 33.1 Å². The van der Waals surface area contributed by atoms with E-state index in [-0.39, 0.29) is 10.8 Å². The molecule has 0 spiro atoms. The summed E-state index contributed by atoms with van der Waals surface area (Å²) in [5.41, 5.74) is 23.2. The number of para-hydroxylation sites is 3. The Bertz CT molecular complexity index is 5090. The Morgan fingerprint density at radius 1 is 0.357 bits per heavy atom. The summed E-state index contributed by atoms with van der Waals surface area (Å²) in [7, 11) is 0. The van der Waals surface area contributed by atoms with Crippen molar-refractivity contribution in [2.45, 2.75) is 38.0 Å². The number of aromatic nitrogens is 2. The molecule has 4 heteroatoms. The first-order chi connectivity index (χ1) is 34.3. The maximum absolute atomic E-state index is 6.78. The summed E-state index contributed by atoms with van der Waals surface area (Å²) >= 11 is 0. The average molecular weight is 893 g/mol. The minimum atomic E-state index is -0.260. The zero-order valence-corrected chi connectivity index (χ0v) is 38.7. The molecule has 0 N–H and O–H groups in total. The summed E-state index contributed by atoms with van der Waals surface area (Å²) in [5.74, 6) is 0. The third-order valence-electron chi connectivity index (χ3n) is 17.6. The van der Waals surface area contributed by atoms with Crippen LogP contribution in [0.5, 0.6) is 0 Å². The van der Waals surface area contributed by atoms with Crippen molar-refractivity contribution in [2.24, 2.45) is 0 Å². The van der Waals surface area contributed by atoms with Crippen molar-refractivity contribution in [3.8, 4) is 22.3 Å². The van der Waals surface area contributed by atoms with Gasteiger partial charge in [0.15, 0.2) is 0 Å². The van der Waals surface area contributed by atoms with Crippen molar-refractivity contribution in [1.82, 2.24) is 8.80 Å². The Labute approximate surface area is 399 Å². The third kappa shape index (κ3) is 4.02. The lowest BCUT2D eigenvalue weighted by Crippen LogP contribution is -2.23. The van der Waals surface area contributed by atoms with Gasteiger partial charge in [-0.15, -0.1) is 0 Å². The Kier molecular flexibility index (Phi) is 6.14. The molecule has 2 aliphatic rings. The van der Waals surface area contributed by atoms with Crippen molar-refractivity contribution in [3.05, 3.63) is 204 Å². The molecule has 18 rings (SSSR count). The molecule has 0 saturated heterocycles. The average Bonchev–Trinajstić information content (AvgIpc) is 4.27. The summed E-state index contributed by atoms with van der Waals surface area (Å²) in [5, 5.41) is 15.0. The Balaban J connectivity index is 0.813. The van der Waals surface area contributed by atoms with Gasteiger partial charge in [0, 0.05) is 87.6 Å². The lowest BCUT2D eigenvalue weighted by Gasteiger charge is -2.28. The van der Waals surface area contributed by atoms with Crippen LogP contribution in [0, 0.1) is 0 Å². The fourth-order valence-electron chi connectivity index (χ4n) is 14.6. The van der Waals surface area contributed by atoms with E-state index in [9.17, 15) is 0 Å². The smallest absolute Gasteiger partial charge is 0.137 e. The molecule has 0 fully saturated rings. The van der Waals surface area contributed by atoms with E-state index in [1.807, 2.05) is 6.07 Å². The number of fused-ring (bicyclic) bond motifs is 26. The van der Waals surface area contributed by atoms with Crippen molar-refractivity contribution in [1.29, 1.82) is 0 Å². The van der Waals surface area contributed by atoms with Crippen molar-refractivity contribution < 1.29 is 8.83 Å². The first-order valence-electron chi connectivity index (χ1n) is 24.7. The standard InChI is InChI=1S/C66H40N2O2/c1-65(2)47-19-7-4-13-38(47)59-49(65)23-25-51-61(59)40-17-11-18-41-62-52(67(51)64(40)41)26-24-50-60(62)39-14-5-8-20-48(39)66(50,3)33-34-22-27-56-44(28-34)46-30-43-37-16-10-15-36-42-29-45-35-12-6-9-21-55(35)69-57(45)31-53(42)68(63(36)37)54(43)32-58(46)70-56/h4-32H,33H2,1-3H3. The van der Waals surface area contributed by atoms with Crippen LogP contribution in [0.4, 0.5) is 0 Å². The number of hydrogen-bond acceptors (Lipinski definition) is 2. The first kappa shape index (κ1) is 36.4. The monoisotopic (exact) mass is 892 g/mol. The SMILES string of the molecule is CC1(C)c2ccccc2-c2c1ccc1c2c2cccc3c4c5c(ccc4n1c23)C(C)(Cc1ccc2oc3cc4c(cc3c2c1)c1cccc2c3cc6c(cc3n4c21)oc1ccccc16)c1ccccc1-5. The molecular weight excluding hydrogens is 853 g/mol. The molecule has 4 nitrogen and oxygen atoms in total. The summed E-state index contributed by atoms with van der Waals surface area (Å²) in [4.78, 5) is 0. The van der Waals surface area contributed by atoms with E-state index in [0.717, 1.165) is 61.3 Å². The summed E-state index contributed by atoms with van der Waals surface area (Å²) < 4.78 is 18.2. The summed E-state index contributed by atoms with van der Waals surface area (Å²) in [6.45, 7) is 7.24. The molecule has 0 amide bonds. The van der Waals surface area contributed by atoms with Gasteiger partial charge < -0.3 is 17.6 Å². The second kappa shape index (κ2) is 11.8. The van der Waals surface area contributed by atoms with Gasteiger partial charge in [0.25, 0.3) is 0 Å². The molecule has 0 bridgehead atoms. The lowest BCUT2D eigenvalue weighted by molar-refractivity contribution is 0.583. The number of benzene rings is 10. The van der Waals surface area contributed by atoms with Crippen LogP contribution in [-0.4, -0.2) is 8.80 Å². The second-order valence-electron chi connectivity index (χ2n) is 21.3. The maximum atomic E-state index is 6.78. The topological polar surface area (TPSA) is 35.1 Å². The van der Waals surface area contributed by atoms with E-state index in [2.05, 4.69) is 199 Å². The van der Waals surface area contributed by atoms with Crippen LogP contribution in [0.15, 0.2) is 185 Å². The Morgan fingerprint density at radius 2 is 0.871 bits per heavy atom. The van der Waals surface area contributed by atoms with Gasteiger partial charge in [-0.05, 0) is 99.0 Å². The number of hydrogen-bond donors (Lipinski definition) is 0. The van der Waals surface area contributed by atoms with Gasteiger partial charge in [-0.3, -0.25) is 0 Å². The van der Waals surface area contributed by atoms with E-state index in [0.29, 0.717) is 0 Å². The van der Waals surface area contributed by atoms with Gasteiger partial charge in [0.1, 0.15) is 22.3 Å². The predicted molar refractivity (Wildman–Crippen MR) is 290 cm³/mol. The fraction of sp³-hybridized carbons (Fsp3) is 0.0909. The lowest BCUT2D eigenvalue weighted by atomic mass is 9.75. The predicted octanol–water partition coefficient (Wildman–Crippen LogP) is 17.6. The number of rotatable bonds is 2. The van der Waals surface area contributed by atoms with Crippen molar-refractivity contribution >= 4 is 120 Å². The highest BCUT2D eigenvalue weighted by atomic mass is 16.3. The second-order valence-corrected chi connectivity index (χ2v) is 21.3. The van der Waals surface area contributed by atoms with E-state index in [1.165, 1.54) is 115 Å². The van der Waals surface area contributed by atoms with E-state index in [4.69, 9.17) is 8.83 Å². The van der Waals surface area contributed by atoms with Crippen LogP contribution < -0.4 is 0 Å². The van der Waals surface area contributed by atoms with Crippen LogP contribution in [-0.2, 0) is 17.3 Å². The van der Waals surface area contributed by atoms with Crippen molar-refractivity contribution in [2.75, 3.05) is 0 Å². The van der Waals surface area contributed by atoms with Gasteiger partial charge >= 0.3 is 0 Å². The molecule has 2 aliphatic carbocycles. The Hall–Kier alpha value is -8.60. The molecule has 0 aliphatic heterocycles. The summed E-state index contributed by atoms with van der Waals surface area (Å²) in [6.07, 6.45) is 0.858. The molecule has 0 saturated carbocycles. The minimum Gasteiger partial charge on any atom is -0.456 e. The van der Waals surface area contributed by atoms with Crippen LogP contribution >= 0.6 is 0 Å². The van der Waals surface area contributed by atoms with Gasteiger partial charge in [-0.2, -0.15) is 0 Å². The van der Waals surface area contributed by atoms with Crippen LogP contribution in [0.2, 0.25) is 0 Å². The number of nitrogens with zero attached hydrogens (tertiary/aromatic N) is 2. The van der Waals surface area contributed by atoms with Gasteiger partial charge in [-0.25, -0.2) is 0 Å². The zero-order chi connectivity index (χ0) is 45.7. The molecule has 10 aromatic carbocycles. The maximum Gasteiger partial charge on any atom is 0.137 e. The molecule has 1 atom stereocenters. The molecule has 1 unspecified atom stereocenters. The molecule has 0 radical (unpaired) electrons. The van der Waals surface area contributed by atoms with Crippen LogP contribution in [0.3, 0.4) is 0 Å². The minimum absolute atomic E-state index is 0.0533. The highest BCUT2D eigenvalue weighted by Crippen LogP contribution is 2.58. The van der Waals surface area contributed by atoms with Crippen molar-refractivity contribution in [3.63, 3.8) is 0 Å². The highest BCUT2D eigenvalue weighted by molar-refractivity contribution is 6.30. The fourth-order valence-corrected chi connectivity index (χ4v) is 14.6. The van der Waals surface area contributed by atoms with E-state index < -0.39 is 0 Å². The van der Waals surface area contributed by atoms with E-state index >= 15 is 0 Å². The van der Waals surface area contributed by atoms with E-state index in [1.54, 1.807) is 0 Å². The molecule has 6 heterocycles. The molecule has 70 heavy (non-hydrogen) atoms. The van der Waals surface area contributed by atoms with Gasteiger partial charge in [0.2, 0.25) is 0 Å². The largest absolute Gasteiger partial charge is 0.456 e. The van der Waals surface area contributed by atoms with Gasteiger partial charge in [-0.1, -0.05) is 142 Å².